The molecule has 1 unspecified atom stereocenters. The molecule has 1 aliphatic heterocycles. The van der Waals surface area contributed by atoms with Crippen LogP contribution in [0.3, 0.4) is 0 Å². The number of primary amides is 1. The van der Waals surface area contributed by atoms with Gasteiger partial charge in [0.15, 0.2) is 11.5 Å². The molecular formula is C11H13NO4. The first kappa shape index (κ1) is 10.8. The van der Waals surface area contributed by atoms with Gasteiger partial charge in [-0.25, -0.2) is 0 Å². The Labute approximate surface area is 92.8 Å². The van der Waals surface area contributed by atoms with Gasteiger partial charge < -0.3 is 20.3 Å². The third kappa shape index (κ3) is 2.25. The highest BCUT2D eigenvalue weighted by atomic mass is 16.7. The molecule has 1 aliphatic rings. The zero-order valence-electron chi connectivity index (χ0n) is 8.68. The summed E-state index contributed by atoms with van der Waals surface area (Å²) in [6.45, 7) is 0.205. The number of hydrogen-bond acceptors (Lipinski definition) is 4. The molecule has 0 aromatic heterocycles. The van der Waals surface area contributed by atoms with Crippen LogP contribution in [0, 0.1) is 0 Å². The van der Waals surface area contributed by atoms with Crippen LogP contribution in [-0.2, 0) is 4.79 Å². The van der Waals surface area contributed by atoms with E-state index in [9.17, 15) is 9.90 Å². The van der Waals surface area contributed by atoms with Crippen LogP contribution in [-0.4, -0.2) is 17.8 Å². The molecule has 5 heteroatoms. The molecule has 0 radical (unpaired) electrons. The van der Waals surface area contributed by atoms with Crippen molar-refractivity contribution >= 4 is 5.91 Å². The van der Waals surface area contributed by atoms with Crippen LogP contribution in [0.25, 0.3) is 0 Å². The average Bonchev–Trinajstić information content (AvgIpc) is 2.72. The molecule has 0 aliphatic carbocycles. The van der Waals surface area contributed by atoms with Crippen molar-refractivity contribution < 1.29 is 19.4 Å². The standard InChI is InChI=1S/C11H13NO4/c12-11(14)4-2-8(13)7-1-3-9-10(5-7)16-6-15-9/h1,3,5,8,13H,2,4,6H2,(H2,12,14). The summed E-state index contributed by atoms with van der Waals surface area (Å²) in [5.74, 6) is 0.876. The molecule has 1 aromatic rings. The van der Waals surface area contributed by atoms with Gasteiger partial charge in [0.1, 0.15) is 0 Å². The number of hydrogen-bond donors (Lipinski definition) is 2. The van der Waals surface area contributed by atoms with E-state index >= 15 is 0 Å². The van der Waals surface area contributed by atoms with E-state index in [2.05, 4.69) is 0 Å². The number of nitrogens with two attached hydrogens (primary N) is 1. The maximum atomic E-state index is 10.6. The second kappa shape index (κ2) is 4.40. The van der Waals surface area contributed by atoms with Gasteiger partial charge in [-0.15, -0.1) is 0 Å². The average molecular weight is 223 g/mol. The molecule has 1 heterocycles. The van der Waals surface area contributed by atoms with Gasteiger partial charge in [0.25, 0.3) is 0 Å². The van der Waals surface area contributed by atoms with E-state index in [0.29, 0.717) is 23.5 Å². The van der Waals surface area contributed by atoms with E-state index in [1.54, 1.807) is 18.2 Å². The molecule has 0 spiro atoms. The van der Waals surface area contributed by atoms with E-state index in [-0.39, 0.29) is 13.2 Å². The van der Waals surface area contributed by atoms with E-state index in [0.717, 1.165) is 0 Å². The molecule has 3 N–H and O–H groups in total. The van der Waals surface area contributed by atoms with Gasteiger partial charge >= 0.3 is 0 Å². The quantitative estimate of drug-likeness (QED) is 0.787. The first-order valence-electron chi connectivity index (χ1n) is 5.03. The largest absolute Gasteiger partial charge is 0.454 e. The number of rotatable bonds is 4. The molecule has 2 rings (SSSR count). The Morgan fingerprint density at radius 3 is 2.94 bits per heavy atom. The van der Waals surface area contributed by atoms with Crippen molar-refractivity contribution in [1.29, 1.82) is 0 Å². The van der Waals surface area contributed by atoms with Gasteiger partial charge in [-0.1, -0.05) is 6.07 Å². The predicted molar refractivity (Wildman–Crippen MR) is 56.0 cm³/mol. The Hall–Kier alpha value is -1.75. The maximum Gasteiger partial charge on any atom is 0.231 e. The highest BCUT2D eigenvalue weighted by Crippen LogP contribution is 2.34. The molecule has 1 amide bonds. The van der Waals surface area contributed by atoms with Crippen molar-refractivity contribution in [3.05, 3.63) is 23.8 Å². The summed E-state index contributed by atoms with van der Waals surface area (Å²) in [4.78, 5) is 10.6. The van der Waals surface area contributed by atoms with Crippen LogP contribution >= 0.6 is 0 Å². The van der Waals surface area contributed by atoms with Gasteiger partial charge in [0.2, 0.25) is 12.7 Å². The number of aliphatic hydroxyl groups excluding tert-OH is 1. The van der Waals surface area contributed by atoms with Gasteiger partial charge in [0.05, 0.1) is 6.10 Å². The normalized spacial score (nSPS) is 14.8. The third-order valence-electron chi connectivity index (χ3n) is 2.45. The zero-order valence-corrected chi connectivity index (χ0v) is 8.68. The lowest BCUT2D eigenvalue weighted by molar-refractivity contribution is -0.118. The molecule has 1 atom stereocenters. The molecule has 0 bridgehead atoms. The number of ether oxygens (including phenoxy) is 2. The molecule has 16 heavy (non-hydrogen) atoms. The summed E-state index contributed by atoms with van der Waals surface area (Å²) >= 11 is 0. The van der Waals surface area contributed by atoms with E-state index in [1.165, 1.54) is 0 Å². The first-order chi connectivity index (χ1) is 7.66. The number of benzene rings is 1. The number of amides is 1. The Bertz CT molecular complexity index is 405. The molecule has 0 fully saturated rings. The van der Waals surface area contributed by atoms with Crippen LogP contribution in [0.4, 0.5) is 0 Å². The smallest absolute Gasteiger partial charge is 0.231 e. The van der Waals surface area contributed by atoms with Gasteiger partial charge in [-0.2, -0.15) is 0 Å². The Morgan fingerprint density at radius 2 is 2.19 bits per heavy atom. The Morgan fingerprint density at radius 1 is 1.44 bits per heavy atom. The number of carbonyl (C=O) groups excluding carboxylic acids is 1. The minimum Gasteiger partial charge on any atom is -0.454 e. The third-order valence-corrected chi connectivity index (χ3v) is 2.45. The predicted octanol–water partition coefficient (Wildman–Crippen LogP) is 0.714. The van der Waals surface area contributed by atoms with Gasteiger partial charge in [-0.3, -0.25) is 4.79 Å². The second-order valence-electron chi connectivity index (χ2n) is 3.63. The Balaban J connectivity index is 2.06. The molecule has 0 saturated heterocycles. The number of aliphatic hydroxyl groups is 1. The van der Waals surface area contributed by atoms with Crippen LogP contribution in [0.2, 0.25) is 0 Å². The highest BCUT2D eigenvalue weighted by Gasteiger charge is 2.16. The van der Waals surface area contributed by atoms with Gasteiger partial charge in [0, 0.05) is 6.42 Å². The first-order valence-corrected chi connectivity index (χ1v) is 5.03. The SMILES string of the molecule is NC(=O)CCC(O)c1ccc2c(c1)OCO2. The Kier molecular flexibility index (Phi) is 2.96. The maximum absolute atomic E-state index is 10.6. The van der Waals surface area contributed by atoms with Gasteiger partial charge in [-0.05, 0) is 24.1 Å². The number of carbonyl (C=O) groups is 1. The molecular weight excluding hydrogens is 210 g/mol. The van der Waals surface area contributed by atoms with Crippen LogP contribution in [0.15, 0.2) is 18.2 Å². The summed E-state index contributed by atoms with van der Waals surface area (Å²) in [7, 11) is 0. The lowest BCUT2D eigenvalue weighted by atomic mass is 10.0. The fourth-order valence-electron chi connectivity index (χ4n) is 1.57. The molecule has 0 saturated carbocycles. The minimum absolute atomic E-state index is 0.162. The van der Waals surface area contributed by atoms with Crippen LogP contribution < -0.4 is 15.2 Å². The number of fused-ring (bicyclic) bond motifs is 1. The van der Waals surface area contributed by atoms with Crippen molar-refractivity contribution in [1.82, 2.24) is 0 Å². The van der Waals surface area contributed by atoms with Crippen molar-refractivity contribution in [2.24, 2.45) is 5.73 Å². The summed E-state index contributed by atoms with van der Waals surface area (Å²) in [5, 5.41) is 9.80. The topological polar surface area (TPSA) is 81.8 Å². The lowest BCUT2D eigenvalue weighted by Crippen LogP contribution is -2.12. The molecule has 1 aromatic carbocycles. The minimum atomic E-state index is -0.706. The lowest BCUT2D eigenvalue weighted by Gasteiger charge is -2.10. The molecule has 5 nitrogen and oxygen atoms in total. The fourth-order valence-corrected chi connectivity index (χ4v) is 1.57. The summed E-state index contributed by atoms with van der Waals surface area (Å²) in [6.07, 6.45) is -0.230. The fraction of sp³-hybridized carbons (Fsp3) is 0.364. The summed E-state index contributed by atoms with van der Waals surface area (Å²) in [6, 6.07) is 5.21. The van der Waals surface area contributed by atoms with Crippen molar-refractivity contribution in [2.75, 3.05) is 6.79 Å². The highest BCUT2D eigenvalue weighted by molar-refractivity contribution is 5.73. The van der Waals surface area contributed by atoms with Crippen LogP contribution in [0.5, 0.6) is 11.5 Å². The van der Waals surface area contributed by atoms with E-state index in [1.807, 2.05) is 0 Å². The van der Waals surface area contributed by atoms with Crippen molar-refractivity contribution in [2.45, 2.75) is 18.9 Å². The summed E-state index contributed by atoms with van der Waals surface area (Å²) < 4.78 is 10.3. The van der Waals surface area contributed by atoms with Crippen molar-refractivity contribution in [3.8, 4) is 11.5 Å². The van der Waals surface area contributed by atoms with Crippen LogP contribution in [0.1, 0.15) is 24.5 Å². The summed E-state index contributed by atoms with van der Waals surface area (Å²) in [5.41, 5.74) is 5.71. The van der Waals surface area contributed by atoms with E-state index in [4.69, 9.17) is 15.2 Å². The second-order valence-corrected chi connectivity index (χ2v) is 3.63. The monoisotopic (exact) mass is 223 g/mol. The van der Waals surface area contributed by atoms with Crippen molar-refractivity contribution in [3.63, 3.8) is 0 Å². The molecule has 86 valence electrons. The van der Waals surface area contributed by atoms with E-state index < -0.39 is 12.0 Å². The zero-order chi connectivity index (χ0) is 11.5.